The Hall–Kier alpha value is -7.70. The number of rotatable bonds is 6. The highest BCUT2D eigenvalue weighted by Gasteiger charge is 2.18. The van der Waals surface area contributed by atoms with Gasteiger partial charge < -0.3 is 4.57 Å². The van der Waals surface area contributed by atoms with E-state index in [1.54, 1.807) is 0 Å². The first-order valence-electron chi connectivity index (χ1n) is 18.7. The van der Waals surface area contributed by atoms with Gasteiger partial charge >= 0.3 is 0 Å². The zero-order valence-corrected chi connectivity index (χ0v) is 30.2. The topological polar surface area (TPSA) is 61.4 Å². The molecule has 0 aliphatic carbocycles. The summed E-state index contributed by atoms with van der Waals surface area (Å²) in [5.74, 6) is 1.16. The Morgan fingerprint density at radius 2 is 0.821 bits per heavy atom. The van der Waals surface area contributed by atoms with Gasteiger partial charge in [-0.3, -0.25) is 4.57 Å². The summed E-state index contributed by atoms with van der Waals surface area (Å²) in [5.41, 5.74) is 12.4. The second-order valence-corrected chi connectivity index (χ2v) is 14.0. The van der Waals surface area contributed by atoms with Crippen molar-refractivity contribution in [3.63, 3.8) is 0 Å². The number of hydrogen-bond acceptors (Lipinski definition) is 4. The van der Waals surface area contributed by atoms with E-state index in [1.807, 2.05) is 54.9 Å². The molecule has 11 aromatic rings. The van der Waals surface area contributed by atoms with Crippen LogP contribution in [-0.2, 0) is 0 Å². The van der Waals surface area contributed by atoms with Gasteiger partial charge in [-0.25, -0.2) is 19.9 Å². The Morgan fingerprint density at radius 1 is 0.321 bits per heavy atom. The molecule has 0 N–H and O–H groups in total. The van der Waals surface area contributed by atoms with Crippen LogP contribution in [0.1, 0.15) is 0 Å². The van der Waals surface area contributed by atoms with Crippen LogP contribution in [0.15, 0.2) is 194 Å². The smallest absolute Gasteiger partial charge is 0.234 e. The normalized spacial score (nSPS) is 11.6. The molecule has 56 heavy (non-hydrogen) atoms. The van der Waals surface area contributed by atoms with Gasteiger partial charge in [0.2, 0.25) is 5.95 Å². The Morgan fingerprint density at radius 3 is 1.48 bits per heavy atom. The third kappa shape index (κ3) is 5.27. The Bertz CT molecular complexity index is 3160. The van der Waals surface area contributed by atoms with Crippen LogP contribution < -0.4 is 0 Å². The zero-order valence-electron chi connectivity index (χ0n) is 30.2. The molecule has 4 aromatic heterocycles. The minimum Gasteiger partial charge on any atom is -0.309 e. The van der Waals surface area contributed by atoms with Gasteiger partial charge in [-0.2, -0.15) is 0 Å². The second kappa shape index (κ2) is 13.0. The average molecular weight is 717 g/mol. The lowest BCUT2D eigenvalue weighted by atomic mass is 10.0. The predicted octanol–water partition coefficient (Wildman–Crippen LogP) is 12.1. The van der Waals surface area contributed by atoms with Gasteiger partial charge in [-0.1, -0.05) is 133 Å². The first kappa shape index (κ1) is 31.8. The number of aromatic nitrogens is 6. The summed E-state index contributed by atoms with van der Waals surface area (Å²) in [6.07, 6.45) is 3.66. The van der Waals surface area contributed by atoms with Gasteiger partial charge in [0.25, 0.3) is 0 Å². The molecule has 6 nitrogen and oxygen atoms in total. The summed E-state index contributed by atoms with van der Waals surface area (Å²) < 4.78 is 4.51. The Labute approximate surface area is 322 Å². The zero-order chi connectivity index (χ0) is 37.0. The van der Waals surface area contributed by atoms with Gasteiger partial charge in [0, 0.05) is 50.8 Å². The molecular formula is C50H32N6. The van der Waals surface area contributed by atoms with Crippen LogP contribution in [0.5, 0.6) is 0 Å². The fraction of sp³-hybridized carbons (Fsp3) is 0. The van der Waals surface area contributed by atoms with Gasteiger partial charge in [-0.15, -0.1) is 0 Å². The number of fused-ring (bicyclic) bond motifs is 6. The van der Waals surface area contributed by atoms with Crippen molar-refractivity contribution in [2.75, 3.05) is 0 Å². The van der Waals surface area contributed by atoms with E-state index in [4.69, 9.17) is 19.9 Å². The van der Waals surface area contributed by atoms with E-state index in [0.717, 1.165) is 66.7 Å². The fourth-order valence-corrected chi connectivity index (χ4v) is 8.02. The number of hydrogen-bond donors (Lipinski definition) is 0. The van der Waals surface area contributed by atoms with Gasteiger partial charge in [0.05, 0.1) is 39.0 Å². The number of benzene rings is 7. The third-order valence-corrected chi connectivity index (χ3v) is 10.7. The summed E-state index contributed by atoms with van der Waals surface area (Å²) >= 11 is 0. The lowest BCUT2D eigenvalue weighted by Crippen LogP contribution is -2.02. The van der Waals surface area contributed by atoms with E-state index in [9.17, 15) is 0 Å². The van der Waals surface area contributed by atoms with Crippen LogP contribution >= 0.6 is 0 Å². The molecule has 11 rings (SSSR count). The second-order valence-electron chi connectivity index (χ2n) is 14.0. The molecular weight excluding hydrogens is 685 g/mol. The molecule has 6 heteroatoms. The molecule has 0 spiro atoms. The van der Waals surface area contributed by atoms with E-state index < -0.39 is 0 Å². The lowest BCUT2D eigenvalue weighted by molar-refractivity contribution is 0.985. The van der Waals surface area contributed by atoms with Gasteiger partial charge in [0.15, 0.2) is 5.82 Å². The fourth-order valence-electron chi connectivity index (χ4n) is 8.02. The van der Waals surface area contributed by atoms with Crippen molar-refractivity contribution in [2.24, 2.45) is 0 Å². The van der Waals surface area contributed by atoms with Crippen LogP contribution in [0.4, 0.5) is 0 Å². The van der Waals surface area contributed by atoms with Gasteiger partial charge in [-0.05, 0) is 59.7 Å². The molecule has 262 valence electrons. The average Bonchev–Trinajstić information content (AvgIpc) is 3.79. The van der Waals surface area contributed by atoms with E-state index in [2.05, 4.69) is 149 Å². The molecule has 0 aliphatic rings. The molecule has 0 saturated carbocycles. The molecule has 0 atom stereocenters. The monoisotopic (exact) mass is 716 g/mol. The summed E-state index contributed by atoms with van der Waals surface area (Å²) in [7, 11) is 0. The highest BCUT2D eigenvalue weighted by Crippen LogP contribution is 2.38. The summed E-state index contributed by atoms with van der Waals surface area (Å²) in [6, 6.07) is 63.7. The molecule has 0 amide bonds. The summed E-state index contributed by atoms with van der Waals surface area (Å²) in [6.45, 7) is 0. The summed E-state index contributed by atoms with van der Waals surface area (Å²) in [5, 5.41) is 4.76. The van der Waals surface area contributed by atoms with Crippen molar-refractivity contribution in [3.8, 4) is 56.7 Å². The van der Waals surface area contributed by atoms with Crippen LogP contribution in [0.25, 0.3) is 100 Å². The molecule has 0 fully saturated rings. The van der Waals surface area contributed by atoms with E-state index in [1.165, 1.54) is 21.8 Å². The summed E-state index contributed by atoms with van der Waals surface area (Å²) in [4.78, 5) is 19.9. The maximum Gasteiger partial charge on any atom is 0.234 e. The molecule has 0 unspecified atom stereocenters. The molecule has 0 aliphatic heterocycles. The highest BCUT2D eigenvalue weighted by atomic mass is 15.2. The van der Waals surface area contributed by atoms with Crippen molar-refractivity contribution in [3.05, 3.63) is 194 Å². The van der Waals surface area contributed by atoms with E-state index in [0.29, 0.717) is 11.8 Å². The minimum atomic E-state index is 0.576. The number of nitrogens with zero attached hydrogens (tertiary/aromatic N) is 6. The molecule has 4 heterocycles. The van der Waals surface area contributed by atoms with Crippen molar-refractivity contribution in [1.29, 1.82) is 0 Å². The van der Waals surface area contributed by atoms with E-state index in [-0.39, 0.29) is 0 Å². The molecule has 0 saturated heterocycles. The highest BCUT2D eigenvalue weighted by molar-refractivity contribution is 6.12. The molecule has 7 aromatic carbocycles. The molecule has 0 radical (unpaired) electrons. The van der Waals surface area contributed by atoms with Crippen LogP contribution in [0.2, 0.25) is 0 Å². The Balaban J connectivity index is 1.02. The minimum absolute atomic E-state index is 0.576. The lowest BCUT2D eigenvalue weighted by Gasteiger charge is -2.10. The maximum absolute atomic E-state index is 4.98. The van der Waals surface area contributed by atoms with Crippen LogP contribution in [-0.4, -0.2) is 29.1 Å². The SMILES string of the molecule is c1ccc(-c2cc(-c3ccccc3)nc(-c3cnc(-n4c5ccccc5c5cc(-c6ccc7c8ccccc8n(-c8ccccc8)c7c6)ccc54)nc3)n2)cc1. The largest absolute Gasteiger partial charge is 0.309 e. The van der Waals surface area contributed by atoms with Crippen molar-refractivity contribution in [1.82, 2.24) is 29.1 Å². The van der Waals surface area contributed by atoms with Crippen molar-refractivity contribution in [2.45, 2.75) is 0 Å². The first-order valence-corrected chi connectivity index (χ1v) is 18.7. The number of para-hydroxylation sites is 3. The van der Waals surface area contributed by atoms with E-state index >= 15 is 0 Å². The molecule has 0 bridgehead atoms. The Kier molecular flexibility index (Phi) is 7.38. The van der Waals surface area contributed by atoms with Crippen LogP contribution in [0, 0.1) is 0 Å². The predicted molar refractivity (Wildman–Crippen MR) is 228 cm³/mol. The van der Waals surface area contributed by atoms with Gasteiger partial charge in [0.1, 0.15) is 0 Å². The van der Waals surface area contributed by atoms with Crippen molar-refractivity contribution < 1.29 is 0 Å². The van der Waals surface area contributed by atoms with Crippen molar-refractivity contribution >= 4 is 43.6 Å². The third-order valence-electron chi connectivity index (χ3n) is 10.7. The standard InChI is InChI=1S/C50H32N6/c1-4-14-33(15-5-1)43-30-44(34-16-6-2-7-17-34)54-49(53-43)37-31-51-50(52-32-37)56-46-23-13-11-21-40(46)42-28-35(25-27-47(42)56)36-24-26-41-39-20-10-12-22-45(39)55(48(41)29-36)38-18-8-3-9-19-38/h1-32H. The first-order chi connectivity index (χ1) is 27.8. The quantitative estimate of drug-likeness (QED) is 0.172. The maximum atomic E-state index is 4.98. The van der Waals surface area contributed by atoms with Crippen LogP contribution in [0.3, 0.4) is 0 Å².